The number of aliphatic hydroxyl groups excluding tert-OH is 1. The van der Waals surface area contributed by atoms with E-state index in [0.717, 1.165) is 0 Å². The third kappa shape index (κ3) is 10.4. The van der Waals surface area contributed by atoms with Crippen molar-refractivity contribution in [2.24, 2.45) is 17.4 Å². The quantitative estimate of drug-likeness (QED) is 0.129. The summed E-state index contributed by atoms with van der Waals surface area (Å²) in [4.78, 5) is 70.1. The second-order valence-electron chi connectivity index (χ2n) is 7.08. The number of aliphatic carboxylic acids is 2. The zero-order chi connectivity index (χ0) is 24.3. The normalized spacial score (nSPS) is 14.6. The number of primary amides is 1. The van der Waals surface area contributed by atoms with E-state index in [1.165, 1.54) is 13.8 Å². The number of amides is 4. The van der Waals surface area contributed by atoms with Crippen molar-refractivity contribution in [3.05, 3.63) is 0 Å². The third-order valence-corrected chi connectivity index (χ3v) is 4.09. The first-order chi connectivity index (χ1) is 14.3. The first kappa shape index (κ1) is 27.7. The summed E-state index contributed by atoms with van der Waals surface area (Å²) >= 11 is 0. The van der Waals surface area contributed by atoms with E-state index >= 15 is 0 Å². The molecule has 0 fully saturated rings. The molecule has 0 saturated carbocycles. The van der Waals surface area contributed by atoms with Gasteiger partial charge in [-0.3, -0.25) is 24.0 Å². The van der Waals surface area contributed by atoms with Crippen molar-refractivity contribution in [1.29, 1.82) is 0 Å². The maximum absolute atomic E-state index is 12.6. The number of nitrogens with one attached hydrogen (secondary N) is 3. The molecule has 0 bridgehead atoms. The predicted octanol–water partition coefficient (Wildman–Crippen LogP) is -3.76. The Morgan fingerprint density at radius 2 is 1.42 bits per heavy atom. The van der Waals surface area contributed by atoms with Crippen molar-refractivity contribution in [2.45, 2.75) is 57.3 Å². The van der Waals surface area contributed by atoms with Gasteiger partial charge in [-0.2, -0.15) is 0 Å². The van der Waals surface area contributed by atoms with Gasteiger partial charge in [0.15, 0.2) is 0 Å². The molecule has 0 aromatic rings. The lowest BCUT2D eigenvalue weighted by Crippen LogP contribution is -2.58. The van der Waals surface area contributed by atoms with E-state index in [2.05, 4.69) is 10.6 Å². The fourth-order valence-electron chi connectivity index (χ4n) is 2.34. The van der Waals surface area contributed by atoms with E-state index in [0.29, 0.717) is 0 Å². The zero-order valence-electron chi connectivity index (χ0n) is 17.2. The summed E-state index contributed by atoms with van der Waals surface area (Å²) in [6.07, 6.45) is -1.39. The van der Waals surface area contributed by atoms with Crippen LogP contribution in [-0.2, 0) is 28.8 Å². The molecule has 4 atom stereocenters. The summed E-state index contributed by atoms with van der Waals surface area (Å²) in [5, 5.41) is 33.4. The number of carbonyl (C=O) groups excluding carboxylic acids is 4. The van der Waals surface area contributed by atoms with Gasteiger partial charge in [-0.05, 0) is 12.3 Å². The highest BCUT2D eigenvalue weighted by Gasteiger charge is 2.32. The lowest BCUT2D eigenvalue weighted by molar-refractivity contribution is -0.147. The molecule has 0 aromatic carbocycles. The molecule has 0 aliphatic carbocycles. The average molecular weight is 447 g/mol. The van der Waals surface area contributed by atoms with Gasteiger partial charge >= 0.3 is 11.9 Å². The molecule has 0 spiro atoms. The second-order valence-corrected chi connectivity index (χ2v) is 7.08. The summed E-state index contributed by atoms with van der Waals surface area (Å²) in [6.45, 7) is 2.37. The van der Waals surface area contributed by atoms with Crippen LogP contribution in [-0.4, -0.2) is 81.7 Å². The van der Waals surface area contributed by atoms with Crippen molar-refractivity contribution in [3.8, 4) is 0 Å². The minimum Gasteiger partial charge on any atom is -0.481 e. The van der Waals surface area contributed by atoms with Crippen LogP contribution >= 0.6 is 0 Å². The molecule has 4 amide bonds. The maximum atomic E-state index is 12.6. The fourth-order valence-corrected chi connectivity index (χ4v) is 2.34. The molecule has 176 valence electrons. The lowest BCUT2D eigenvalue weighted by atomic mass is 10.0. The molecule has 0 aliphatic heterocycles. The predicted molar refractivity (Wildman–Crippen MR) is 104 cm³/mol. The standard InChI is InChI=1S/C17H29N5O9/c1-7(2)13(16(29)21-10(17(30)31)5-12(25)26)22-15(28)9(3-4-11(19)24)20-14(27)8(18)6-23/h7-10,13,23H,3-6,18H2,1-2H3,(H2,19,24)(H,20,27)(H,21,29)(H,22,28)(H,25,26)(H,30,31). The van der Waals surface area contributed by atoms with Crippen molar-refractivity contribution in [1.82, 2.24) is 16.0 Å². The molecule has 0 aromatic heterocycles. The van der Waals surface area contributed by atoms with E-state index in [-0.39, 0.29) is 12.8 Å². The van der Waals surface area contributed by atoms with Gasteiger partial charge in [0.2, 0.25) is 23.6 Å². The van der Waals surface area contributed by atoms with Gasteiger partial charge in [0, 0.05) is 6.42 Å². The van der Waals surface area contributed by atoms with Gasteiger partial charge in [-0.15, -0.1) is 0 Å². The summed E-state index contributed by atoms with van der Waals surface area (Å²) in [5.74, 6) is -7.07. The number of carboxylic acids is 2. The minimum atomic E-state index is -1.73. The lowest BCUT2D eigenvalue weighted by Gasteiger charge is -2.26. The molecule has 4 unspecified atom stereocenters. The Morgan fingerprint density at radius 3 is 1.84 bits per heavy atom. The molecule has 0 heterocycles. The number of aliphatic hydroxyl groups is 1. The molecular weight excluding hydrogens is 418 g/mol. The second kappa shape index (κ2) is 13.1. The molecular formula is C17H29N5O9. The average Bonchev–Trinajstić information content (AvgIpc) is 2.66. The Bertz CT molecular complexity index is 697. The monoisotopic (exact) mass is 447 g/mol. The van der Waals surface area contributed by atoms with E-state index in [1.807, 2.05) is 5.32 Å². The van der Waals surface area contributed by atoms with E-state index in [4.69, 9.17) is 26.8 Å². The van der Waals surface area contributed by atoms with E-state index in [1.54, 1.807) is 0 Å². The van der Waals surface area contributed by atoms with Gasteiger partial charge in [0.25, 0.3) is 0 Å². The molecule has 0 rings (SSSR count). The Balaban J connectivity index is 5.45. The highest BCUT2D eigenvalue weighted by atomic mass is 16.4. The van der Waals surface area contributed by atoms with Crippen molar-refractivity contribution >= 4 is 35.6 Å². The first-order valence-corrected chi connectivity index (χ1v) is 9.30. The van der Waals surface area contributed by atoms with Crippen molar-refractivity contribution < 1.29 is 44.1 Å². The summed E-state index contributed by atoms with van der Waals surface area (Å²) in [6, 6.07) is -5.68. The molecule has 0 radical (unpaired) electrons. The molecule has 31 heavy (non-hydrogen) atoms. The van der Waals surface area contributed by atoms with Crippen LogP contribution in [0.1, 0.15) is 33.1 Å². The SMILES string of the molecule is CC(C)C(NC(=O)C(CCC(N)=O)NC(=O)C(N)CO)C(=O)NC(CC(=O)O)C(=O)O. The zero-order valence-corrected chi connectivity index (χ0v) is 17.2. The number of carboxylic acid groups (broad SMARTS) is 2. The maximum Gasteiger partial charge on any atom is 0.326 e. The number of hydrogen-bond acceptors (Lipinski definition) is 8. The Labute approximate surface area is 177 Å². The number of rotatable bonds is 14. The van der Waals surface area contributed by atoms with Crippen LogP contribution in [0.3, 0.4) is 0 Å². The van der Waals surface area contributed by atoms with Crippen LogP contribution in [0.2, 0.25) is 0 Å². The number of hydrogen-bond donors (Lipinski definition) is 8. The largest absolute Gasteiger partial charge is 0.481 e. The van der Waals surface area contributed by atoms with E-state index < -0.39 is 78.7 Å². The molecule has 14 heteroatoms. The van der Waals surface area contributed by atoms with Crippen molar-refractivity contribution in [3.63, 3.8) is 0 Å². The van der Waals surface area contributed by atoms with Gasteiger partial charge in [-0.25, -0.2) is 4.79 Å². The fraction of sp³-hybridized carbons (Fsp3) is 0.647. The van der Waals surface area contributed by atoms with Crippen LogP contribution in [0.5, 0.6) is 0 Å². The van der Waals surface area contributed by atoms with Crippen LogP contribution in [0, 0.1) is 5.92 Å². The summed E-state index contributed by atoms with van der Waals surface area (Å²) < 4.78 is 0. The van der Waals surface area contributed by atoms with E-state index in [9.17, 15) is 28.8 Å². The van der Waals surface area contributed by atoms with Gasteiger partial charge in [-0.1, -0.05) is 13.8 Å². The topological polar surface area (TPSA) is 251 Å². The number of carbonyl (C=O) groups is 6. The highest BCUT2D eigenvalue weighted by Crippen LogP contribution is 2.06. The third-order valence-electron chi connectivity index (χ3n) is 4.09. The van der Waals surface area contributed by atoms with Crippen molar-refractivity contribution in [2.75, 3.05) is 6.61 Å². The molecule has 14 nitrogen and oxygen atoms in total. The Hall–Kier alpha value is -3.26. The van der Waals surface area contributed by atoms with Crippen LogP contribution in [0.4, 0.5) is 0 Å². The number of nitrogens with two attached hydrogens (primary N) is 2. The Morgan fingerprint density at radius 1 is 0.871 bits per heavy atom. The van der Waals surface area contributed by atoms with Gasteiger partial charge in [0.1, 0.15) is 24.2 Å². The molecule has 0 saturated heterocycles. The smallest absolute Gasteiger partial charge is 0.326 e. The summed E-state index contributed by atoms with van der Waals surface area (Å²) in [7, 11) is 0. The summed E-state index contributed by atoms with van der Waals surface area (Å²) in [5.41, 5.74) is 10.5. The molecule has 10 N–H and O–H groups in total. The highest BCUT2D eigenvalue weighted by molar-refractivity contribution is 5.95. The van der Waals surface area contributed by atoms with Crippen LogP contribution in [0.25, 0.3) is 0 Å². The Kier molecular flexibility index (Phi) is 11.7. The minimum absolute atomic E-state index is 0.228. The van der Waals surface area contributed by atoms with Crippen LogP contribution < -0.4 is 27.4 Å². The van der Waals surface area contributed by atoms with Crippen LogP contribution in [0.15, 0.2) is 0 Å². The first-order valence-electron chi connectivity index (χ1n) is 9.30. The van der Waals surface area contributed by atoms with Gasteiger partial charge < -0.3 is 42.7 Å². The molecule has 0 aliphatic rings. The van der Waals surface area contributed by atoms with Gasteiger partial charge in [0.05, 0.1) is 13.0 Å².